The molecule has 0 spiro atoms. The number of unbranched alkanes of at least 4 members (excludes halogenated alkanes) is 1. The van der Waals surface area contributed by atoms with Gasteiger partial charge in [-0.1, -0.05) is 88.1 Å². The van der Waals surface area contributed by atoms with Crippen molar-refractivity contribution in [2.45, 2.75) is 39.5 Å². The van der Waals surface area contributed by atoms with Crippen LogP contribution in [0.1, 0.15) is 39.5 Å². The highest BCUT2D eigenvalue weighted by Gasteiger charge is 2.31. The first kappa shape index (κ1) is 13.4. The lowest BCUT2D eigenvalue weighted by Crippen LogP contribution is -2.26. The smallest absolute Gasteiger partial charge is 0.000770 e. The fraction of sp³-hybridized carbons (Fsp3) is 0.556. The molecule has 0 aromatic carbocycles. The number of hydrogen-bond donors (Lipinski definition) is 0. The van der Waals surface area contributed by atoms with Crippen LogP contribution in [0.2, 0.25) is 0 Å². The van der Waals surface area contributed by atoms with Crippen molar-refractivity contribution in [3.05, 3.63) is 48.6 Å². The summed E-state index contributed by atoms with van der Waals surface area (Å²) in [5.74, 6) is 2.89. The molecule has 0 saturated heterocycles. The van der Waals surface area contributed by atoms with Gasteiger partial charge in [0.1, 0.15) is 0 Å². The highest BCUT2D eigenvalue weighted by molar-refractivity contribution is 5.25. The van der Waals surface area contributed by atoms with Crippen molar-refractivity contribution in [3.8, 4) is 0 Å². The van der Waals surface area contributed by atoms with Gasteiger partial charge in [-0.2, -0.15) is 0 Å². The Bertz CT molecular complexity index is 304. The van der Waals surface area contributed by atoms with Crippen LogP contribution in [-0.4, -0.2) is 0 Å². The van der Waals surface area contributed by atoms with Gasteiger partial charge >= 0.3 is 0 Å². The van der Waals surface area contributed by atoms with Gasteiger partial charge in [-0.25, -0.2) is 0 Å². The van der Waals surface area contributed by atoms with Crippen molar-refractivity contribution in [1.29, 1.82) is 0 Å². The third-order valence-electron chi connectivity index (χ3n) is 4.44. The first-order chi connectivity index (χ1) is 8.86. The highest BCUT2D eigenvalue weighted by Crippen LogP contribution is 2.39. The average molecular weight is 242 g/mol. The van der Waals surface area contributed by atoms with Crippen LogP contribution in [0.4, 0.5) is 0 Å². The standard InChI is InChI=1S/C18H26/c1-3-5-10-15(4-2)18(16-11-6-7-12-16)17-13-8-9-14-17/h6-9,11-18H,3-5,10H2,1-2H3. The van der Waals surface area contributed by atoms with Crippen LogP contribution in [0.5, 0.6) is 0 Å². The van der Waals surface area contributed by atoms with E-state index >= 15 is 0 Å². The summed E-state index contributed by atoms with van der Waals surface area (Å²) in [6, 6.07) is 0. The second-order valence-corrected chi connectivity index (χ2v) is 5.58. The van der Waals surface area contributed by atoms with Gasteiger partial charge in [0.15, 0.2) is 0 Å². The summed E-state index contributed by atoms with van der Waals surface area (Å²) in [5, 5.41) is 0. The molecular formula is C18H26. The van der Waals surface area contributed by atoms with Gasteiger partial charge in [0, 0.05) is 0 Å². The van der Waals surface area contributed by atoms with Gasteiger partial charge in [0.05, 0.1) is 0 Å². The Morgan fingerprint density at radius 2 is 1.33 bits per heavy atom. The number of allylic oxidation sites excluding steroid dienone is 8. The van der Waals surface area contributed by atoms with E-state index < -0.39 is 0 Å². The zero-order chi connectivity index (χ0) is 12.8. The third-order valence-corrected chi connectivity index (χ3v) is 4.44. The van der Waals surface area contributed by atoms with Crippen LogP contribution in [-0.2, 0) is 0 Å². The number of hydrogen-bond acceptors (Lipinski definition) is 0. The van der Waals surface area contributed by atoms with Crippen molar-refractivity contribution in [2.24, 2.45) is 23.7 Å². The lowest BCUT2D eigenvalue weighted by Gasteiger charge is -2.33. The van der Waals surface area contributed by atoms with Crippen LogP contribution >= 0.6 is 0 Å². The second-order valence-electron chi connectivity index (χ2n) is 5.58. The van der Waals surface area contributed by atoms with Gasteiger partial charge < -0.3 is 0 Å². The molecule has 0 fully saturated rings. The minimum absolute atomic E-state index is 0.643. The molecule has 0 heterocycles. The molecule has 2 aliphatic rings. The summed E-state index contributed by atoms with van der Waals surface area (Å²) < 4.78 is 0. The van der Waals surface area contributed by atoms with Crippen molar-refractivity contribution >= 4 is 0 Å². The van der Waals surface area contributed by atoms with Crippen LogP contribution in [0.3, 0.4) is 0 Å². The van der Waals surface area contributed by atoms with Crippen LogP contribution in [0.15, 0.2) is 48.6 Å². The molecule has 0 N–H and O–H groups in total. The first-order valence-corrected chi connectivity index (χ1v) is 7.56. The van der Waals surface area contributed by atoms with E-state index in [0.717, 1.165) is 11.8 Å². The van der Waals surface area contributed by atoms with Crippen molar-refractivity contribution in [2.75, 3.05) is 0 Å². The van der Waals surface area contributed by atoms with Crippen molar-refractivity contribution in [1.82, 2.24) is 0 Å². The van der Waals surface area contributed by atoms with Gasteiger partial charge in [-0.05, 0) is 23.7 Å². The van der Waals surface area contributed by atoms with Gasteiger partial charge in [-0.3, -0.25) is 0 Å². The zero-order valence-corrected chi connectivity index (χ0v) is 11.8. The minimum atomic E-state index is 0.643. The first-order valence-electron chi connectivity index (χ1n) is 7.56. The minimum Gasteiger partial charge on any atom is -0.0773 e. The predicted octanol–water partition coefficient (Wildman–Crippen LogP) is 5.30. The molecule has 0 radical (unpaired) electrons. The molecule has 0 aromatic heterocycles. The predicted molar refractivity (Wildman–Crippen MR) is 80.3 cm³/mol. The Morgan fingerprint density at radius 1 is 0.833 bits per heavy atom. The highest BCUT2D eigenvalue weighted by atomic mass is 14.4. The molecular weight excluding hydrogens is 216 g/mol. The Labute approximate surface area is 112 Å². The van der Waals surface area contributed by atoms with Crippen molar-refractivity contribution < 1.29 is 0 Å². The molecule has 0 nitrogen and oxygen atoms in total. The summed E-state index contributed by atoms with van der Waals surface area (Å²) in [7, 11) is 0. The quantitative estimate of drug-likeness (QED) is 0.568. The molecule has 2 rings (SSSR count). The van der Waals surface area contributed by atoms with E-state index in [9.17, 15) is 0 Å². The summed E-state index contributed by atoms with van der Waals surface area (Å²) in [4.78, 5) is 0. The lowest BCUT2D eigenvalue weighted by atomic mass is 9.71. The van der Waals surface area contributed by atoms with E-state index in [4.69, 9.17) is 0 Å². The molecule has 0 amide bonds. The normalized spacial score (nSPS) is 20.6. The molecule has 0 aromatic rings. The van der Waals surface area contributed by atoms with Gasteiger partial charge in [0.25, 0.3) is 0 Å². The molecule has 0 saturated carbocycles. The molecule has 98 valence electrons. The molecule has 0 heteroatoms. The van der Waals surface area contributed by atoms with Crippen LogP contribution in [0, 0.1) is 23.7 Å². The van der Waals surface area contributed by atoms with E-state index in [1.807, 2.05) is 0 Å². The average Bonchev–Trinajstić information content (AvgIpc) is 3.07. The summed E-state index contributed by atoms with van der Waals surface area (Å²) in [6.07, 6.45) is 23.8. The largest absolute Gasteiger partial charge is 0.0773 e. The maximum absolute atomic E-state index is 2.39. The van der Waals surface area contributed by atoms with Crippen molar-refractivity contribution in [3.63, 3.8) is 0 Å². The lowest BCUT2D eigenvalue weighted by molar-refractivity contribution is 0.229. The zero-order valence-electron chi connectivity index (χ0n) is 11.8. The molecule has 1 unspecified atom stereocenters. The second kappa shape index (κ2) is 6.78. The number of rotatable bonds is 7. The van der Waals surface area contributed by atoms with Crippen LogP contribution in [0.25, 0.3) is 0 Å². The Hall–Kier alpha value is -1.04. The van der Waals surface area contributed by atoms with E-state index in [1.54, 1.807) is 0 Å². The monoisotopic (exact) mass is 242 g/mol. The fourth-order valence-electron chi connectivity index (χ4n) is 3.43. The maximum atomic E-state index is 2.39. The maximum Gasteiger partial charge on any atom is -0.000770 e. The fourth-order valence-corrected chi connectivity index (χ4v) is 3.43. The summed E-state index contributed by atoms with van der Waals surface area (Å²) in [5.41, 5.74) is 0. The van der Waals surface area contributed by atoms with E-state index in [-0.39, 0.29) is 0 Å². The molecule has 1 atom stereocenters. The van der Waals surface area contributed by atoms with Crippen LogP contribution < -0.4 is 0 Å². The summed E-state index contributed by atoms with van der Waals surface area (Å²) >= 11 is 0. The Morgan fingerprint density at radius 3 is 1.72 bits per heavy atom. The third kappa shape index (κ3) is 3.04. The Kier molecular flexibility index (Phi) is 5.04. The Balaban J connectivity index is 2.11. The summed E-state index contributed by atoms with van der Waals surface area (Å²) in [6.45, 7) is 4.66. The molecule has 18 heavy (non-hydrogen) atoms. The molecule has 0 aliphatic heterocycles. The topological polar surface area (TPSA) is 0 Å². The van der Waals surface area contributed by atoms with E-state index in [0.29, 0.717) is 11.8 Å². The van der Waals surface area contributed by atoms with E-state index in [1.165, 1.54) is 25.7 Å². The molecule has 0 bridgehead atoms. The van der Waals surface area contributed by atoms with Gasteiger partial charge in [-0.15, -0.1) is 0 Å². The van der Waals surface area contributed by atoms with E-state index in [2.05, 4.69) is 62.5 Å². The van der Waals surface area contributed by atoms with Gasteiger partial charge in [0.2, 0.25) is 0 Å². The molecule has 2 aliphatic carbocycles. The SMILES string of the molecule is CCCCC(CC)C(C1C=CC=C1)C1C=CC=C1.